The predicted molar refractivity (Wildman–Crippen MR) is 265 cm³/mol. The molecular formula is C56H82IN3O10. The number of nitrogens with zero attached hydrogens (tertiary/aromatic N) is 3. The van der Waals surface area contributed by atoms with E-state index in [-0.39, 0.29) is 60.0 Å². The highest BCUT2D eigenvalue weighted by molar-refractivity contribution is 5.83. The molecule has 6 fully saturated rings. The Morgan fingerprint density at radius 2 is 0.886 bits per heavy atom. The number of carbonyl (C=O) groups excluding carboxylic acids is 3. The van der Waals surface area contributed by atoms with Gasteiger partial charge in [-0.3, -0.25) is 0 Å². The van der Waals surface area contributed by atoms with Crippen molar-refractivity contribution in [1.29, 1.82) is 0 Å². The van der Waals surface area contributed by atoms with E-state index < -0.39 is 34.7 Å². The van der Waals surface area contributed by atoms with Crippen molar-refractivity contribution in [2.75, 3.05) is 74.6 Å². The van der Waals surface area contributed by atoms with Crippen LogP contribution in [-0.4, -0.2) is 145 Å². The molecule has 0 aromatic heterocycles. The van der Waals surface area contributed by atoms with E-state index in [0.29, 0.717) is 16.7 Å². The highest BCUT2D eigenvalue weighted by atomic mass is 127. The summed E-state index contributed by atoms with van der Waals surface area (Å²) >= 11 is 0. The molecule has 14 heteroatoms. The second-order valence-electron chi connectivity index (χ2n) is 21.3. The van der Waals surface area contributed by atoms with Crippen molar-refractivity contribution in [3.63, 3.8) is 0 Å². The minimum absolute atomic E-state index is 0. The maximum absolute atomic E-state index is 12.9. The molecule has 6 aliphatic rings. The Morgan fingerprint density at radius 1 is 0.529 bits per heavy atom. The second kappa shape index (κ2) is 26.5. The topological polar surface area (TPSA) is 166 Å². The third-order valence-electron chi connectivity index (χ3n) is 15.6. The van der Waals surface area contributed by atoms with Crippen molar-refractivity contribution in [2.45, 2.75) is 131 Å². The number of esters is 3. The van der Waals surface area contributed by atoms with Gasteiger partial charge in [0, 0.05) is 50.4 Å². The van der Waals surface area contributed by atoms with E-state index in [1.165, 1.54) is 7.11 Å². The number of methoxy groups -OCH3 is 1. The van der Waals surface area contributed by atoms with Gasteiger partial charge in [0.25, 0.3) is 0 Å². The quantitative estimate of drug-likeness (QED) is 0.0955. The molecule has 3 saturated heterocycles. The summed E-state index contributed by atoms with van der Waals surface area (Å²) in [5.41, 5.74) is -2.51. The fourth-order valence-corrected chi connectivity index (χ4v) is 11.5. The molecule has 3 aliphatic carbocycles. The number of β-amino-alcohol motifs (C(OH)–C–C–N with tert-alkyl or cyclic N) is 1. The standard InChI is InChI=1S/C19H28NO3.C18H25NO3.C14H18O3.C5H11NO.HI/c1-20(2)13-12-17(14-20)23-18(21)19(22,16-10-6-7-11-16)15-8-4-3-5-9-15;1-19-12-11-16(13-19)22-17(20)18(21,15-9-5-6-10-15)14-7-3-2-4-8-14;1-17-13(15)14(16,12-9-5-6-10-12)11-7-3-2-4-8-11;1-6-3-2-5(7)4-6;/h3-5,8-9,16-17,22H,6-7,10-14H2,1-2H3;2-4,7-8,15-16,21H,5-6,9-13H2,1H3;2-4,7-8,12,16H,5-6,9-10H2,1H3;5,7H,2-4H2,1H3;1H/q+1;;;;/p-1. The van der Waals surface area contributed by atoms with Gasteiger partial charge in [0.2, 0.25) is 0 Å². The van der Waals surface area contributed by atoms with E-state index in [2.05, 4.69) is 23.9 Å². The summed E-state index contributed by atoms with van der Waals surface area (Å²) in [5, 5.41) is 42.3. The first-order valence-electron chi connectivity index (χ1n) is 25.7. The maximum Gasteiger partial charge on any atom is 0.343 e. The SMILES string of the molecule is CN1CCC(O)C1.CN1CCC(OC(=O)C(O)(c2ccccc2)C2CCCC2)C1.COC(=O)C(O)(c1ccccc1)C1CCCC1.C[N+]1(C)CCC(OC(=O)C(O)(c2ccccc2)C2CCCC2)C1.[I-]. The van der Waals surface area contributed by atoms with Crippen LogP contribution >= 0.6 is 0 Å². The zero-order valence-electron chi connectivity index (χ0n) is 42.4. The van der Waals surface area contributed by atoms with Crippen LogP contribution in [0, 0.1) is 17.8 Å². The molecule has 13 nitrogen and oxygen atoms in total. The van der Waals surface area contributed by atoms with Gasteiger partial charge >= 0.3 is 17.9 Å². The second-order valence-corrected chi connectivity index (χ2v) is 21.3. The van der Waals surface area contributed by atoms with Crippen LogP contribution < -0.4 is 24.0 Å². The van der Waals surface area contributed by atoms with Crippen molar-refractivity contribution in [2.24, 2.45) is 17.8 Å². The van der Waals surface area contributed by atoms with Crippen LogP contribution in [0.4, 0.5) is 0 Å². The molecule has 0 radical (unpaired) electrons. The summed E-state index contributed by atoms with van der Waals surface area (Å²) in [6.45, 7) is 5.43. The lowest BCUT2D eigenvalue weighted by Gasteiger charge is -2.33. The van der Waals surface area contributed by atoms with Gasteiger partial charge in [-0.2, -0.15) is 0 Å². The third-order valence-corrected chi connectivity index (χ3v) is 15.6. The summed E-state index contributed by atoms with van der Waals surface area (Å²) < 4.78 is 17.1. The van der Waals surface area contributed by atoms with E-state index in [0.717, 1.165) is 140 Å². The van der Waals surface area contributed by atoms with Crippen LogP contribution in [0.5, 0.6) is 0 Å². The first kappa shape index (κ1) is 57.4. The molecule has 9 rings (SSSR count). The molecular weight excluding hydrogens is 1000 g/mol. The van der Waals surface area contributed by atoms with Crippen molar-refractivity contribution in [3.05, 3.63) is 108 Å². The van der Waals surface area contributed by atoms with Gasteiger partial charge in [-0.25, -0.2) is 14.4 Å². The lowest BCUT2D eigenvalue weighted by Crippen LogP contribution is -3.00. The summed E-state index contributed by atoms with van der Waals surface area (Å²) in [6.07, 6.45) is 14.1. The molecule has 0 amide bonds. The van der Waals surface area contributed by atoms with Gasteiger partial charge in [-0.05, 0) is 82.2 Å². The third kappa shape index (κ3) is 14.4. The number of hydrogen-bond acceptors (Lipinski definition) is 12. The van der Waals surface area contributed by atoms with Gasteiger partial charge in [-0.15, -0.1) is 0 Å². The molecule has 6 atom stereocenters. The summed E-state index contributed by atoms with van der Waals surface area (Å²) in [7, 11) is 9.66. The molecule has 4 N–H and O–H groups in total. The van der Waals surface area contributed by atoms with Crippen molar-refractivity contribution in [3.8, 4) is 0 Å². The Bertz CT molecular complexity index is 2040. The molecule has 3 aliphatic heterocycles. The number of benzene rings is 3. The van der Waals surface area contributed by atoms with E-state index in [4.69, 9.17) is 19.3 Å². The van der Waals surface area contributed by atoms with Crippen molar-refractivity contribution in [1.82, 2.24) is 9.80 Å². The number of carbonyl (C=O) groups is 3. The van der Waals surface area contributed by atoms with Crippen LogP contribution in [0.1, 0.15) is 113 Å². The number of quaternary nitrogens is 1. The van der Waals surface area contributed by atoms with Gasteiger partial charge in [0.15, 0.2) is 22.9 Å². The number of rotatable bonds is 11. The average molecular weight is 1080 g/mol. The highest BCUT2D eigenvalue weighted by Crippen LogP contribution is 2.44. The van der Waals surface area contributed by atoms with E-state index in [9.17, 15) is 29.7 Å². The van der Waals surface area contributed by atoms with E-state index >= 15 is 0 Å². The smallest absolute Gasteiger partial charge is 0.343 e. The molecule has 3 heterocycles. The largest absolute Gasteiger partial charge is 1.00 e. The average Bonchev–Trinajstić information content (AvgIpc) is 4.24. The maximum atomic E-state index is 12.9. The molecule has 3 aromatic rings. The molecule has 3 aromatic carbocycles. The summed E-state index contributed by atoms with van der Waals surface area (Å²) in [5.74, 6) is -1.58. The lowest BCUT2D eigenvalue weighted by atomic mass is 9.80. The molecule has 6 unspecified atom stereocenters. The van der Waals surface area contributed by atoms with Crippen LogP contribution in [-0.2, 0) is 45.4 Å². The number of likely N-dealkylation sites (N-methyl/N-ethyl adjacent to an activating group) is 3. The normalized spacial score (nSPS) is 25.2. The fourth-order valence-electron chi connectivity index (χ4n) is 11.5. The fraction of sp³-hybridized carbons (Fsp3) is 0.625. The predicted octanol–water partition coefficient (Wildman–Crippen LogP) is 3.69. The van der Waals surface area contributed by atoms with Gasteiger partial charge in [0.1, 0.15) is 12.6 Å². The Labute approximate surface area is 434 Å². The van der Waals surface area contributed by atoms with Crippen LogP contribution in [0.2, 0.25) is 0 Å². The minimum atomic E-state index is -1.50. The van der Waals surface area contributed by atoms with Crippen LogP contribution in [0.15, 0.2) is 91.0 Å². The Morgan fingerprint density at radius 3 is 1.17 bits per heavy atom. The summed E-state index contributed by atoms with van der Waals surface area (Å²) in [6, 6.07) is 27.7. The Kier molecular flexibility index (Phi) is 21.7. The Hall–Kier alpha value is -3.48. The number of aliphatic hydroxyl groups excluding tert-OH is 1. The van der Waals surface area contributed by atoms with Crippen LogP contribution in [0.25, 0.3) is 0 Å². The van der Waals surface area contributed by atoms with Crippen molar-refractivity contribution >= 4 is 17.9 Å². The number of hydrogen-bond donors (Lipinski definition) is 4. The van der Waals surface area contributed by atoms with Gasteiger partial charge in [0.05, 0.1) is 33.9 Å². The highest BCUT2D eigenvalue weighted by Gasteiger charge is 2.51. The van der Waals surface area contributed by atoms with E-state index in [1.807, 2.05) is 93.0 Å². The molecule has 0 bridgehead atoms. The zero-order valence-corrected chi connectivity index (χ0v) is 44.6. The van der Waals surface area contributed by atoms with Gasteiger partial charge in [-0.1, -0.05) is 130 Å². The first-order chi connectivity index (χ1) is 33.0. The molecule has 388 valence electrons. The first-order valence-corrected chi connectivity index (χ1v) is 25.7. The van der Waals surface area contributed by atoms with Crippen LogP contribution in [0.3, 0.4) is 0 Å². The number of likely N-dealkylation sites (tertiary alicyclic amines) is 3. The van der Waals surface area contributed by atoms with Gasteiger partial charge < -0.3 is 72.9 Å². The zero-order chi connectivity index (χ0) is 49.7. The monoisotopic (exact) mass is 1080 g/mol. The Balaban J connectivity index is 0.000000183. The number of aliphatic hydroxyl groups is 4. The lowest BCUT2D eigenvalue weighted by molar-refractivity contribution is -0.879. The van der Waals surface area contributed by atoms with Crippen molar-refractivity contribution < 1.29 is 77.5 Å². The molecule has 3 saturated carbocycles. The number of halogens is 1. The summed E-state index contributed by atoms with van der Waals surface area (Å²) in [4.78, 5) is 42.0. The molecule has 70 heavy (non-hydrogen) atoms. The number of ether oxygens (including phenoxy) is 3. The minimum Gasteiger partial charge on any atom is -1.00 e. The van der Waals surface area contributed by atoms with E-state index in [1.54, 1.807) is 12.1 Å². The molecule has 0 spiro atoms.